The highest BCUT2D eigenvalue weighted by Gasteiger charge is 2.10. The van der Waals surface area contributed by atoms with Crippen molar-refractivity contribution in [3.05, 3.63) is 74.6 Å². The van der Waals surface area contributed by atoms with E-state index in [2.05, 4.69) is 15.5 Å². The molecule has 2 aromatic carbocycles. The van der Waals surface area contributed by atoms with Crippen molar-refractivity contribution in [3.63, 3.8) is 0 Å². The first kappa shape index (κ1) is 17.1. The van der Waals surface area contributed by atoms with E-state index in [4.69, 9.17) is 11.6 Å². The summed E-state index contributed by atoms with van der Waals surface area (Å²) in [7, 11) is 0. The van der Waals surface area contributed by atoms with Crippen LogP contribution in [0.15, 0.2) is 59.0 Å². The summed E-state index contributed by atoms with van der Waals surface area (Å²) >= 11 is 7.25. The minimum absolute atomic E-state index is 0.0385. The monoisotopic (exact) mass is 372 g/mol. The van der Waals surface area contributed by atoms with Gasteiger partial charge in [0.1, 0.15) is 0 Å². The summed E-state index contributed by atoms with van der Waals surface area (Å²) in [5.74, 6) is 0. The average Bonchev–Trinajstić information content (AvgIpc) is 3.09. The molecular formula is C17H13ClN4O2S. The fourth-order valence-corrected chi connectivity index (χ4v) is 2.91. The maximum absolute atomic E-state index is 10.9. The Morgan fingerprint density at radius 1 is 1.28 bits per heavy atom. The molecule has 0 aliphatic carbocycles. The van der Waals surface area contributed by atoms with E-state index >= 15 is 0 Å². The number of hydrogen-bond donors (Lipinski definition) is 1. The number of hydrogen-bond acceptors (Lipinski definition) is 6. The number of benzene rings is 2. The molecular weight excluding hydrogens is 360 g/mol. The van der Waals surface area contributed by atoms with Crippen molar-refractivity contribution in [2.24, 2.45) is 5.10 Å². The number of aromatic nitrogens is 1. The zero-order valence-corrected chi connectivity index (χ0v) is 14.7. The summed E-state index contributed by atoms with van der Waals surface area (Å²) in [6.07, 6.45) is 0. The van der Waals surface area contributed by atoms with Crippen LogP contribution in [0.4, 0.5) is 10.8 Å². The molecule has 1 N–H and O–H groups in total. The number of nitro groups is 1. The normalized spacial score (nSPS) is 11.4. The Morgan fingerprint density at radius 3 is 2.76 bits per heavy atom. The first-order chi connectivity index (χ1) is 12.0. The molecule has 0 atom stereocenters. The number of thiazole rings is 1. The standard InChI is InChI=1S/C17H13ClN4O2S/c1-11(12-5-7-14(18)8-6-12)20-21-17-19-16(10-25-17)13-3-2-4-15(9-13)22(23)24/h2-10H,1H3,(H,19,21)/b20-11-. The molecule has 25 heavy (non-hydrogen) atoms. The lowest BCUT2D eigenvalue weighted by Crippen LogP contribution is -1.99. The second kappa shape index (κ2) is 7.42. The van der Waals surface area contributed by atoms with Crippen LogP contribution < -0.4 is 5.43 Å². The summed E-state index contributed by atoms with van der Waals surface area (Å²) in [5, 5.41) is 18.3. The van der Waals surface area contributed by atoms with Gasteiger partial charge in [-0.2, -0.15) is 5.10 Å². The number of anilines is 1. The molecule has 0 saturated heterocycles. The zero-order valence-electron chi connectivity index (χ0n) is 13.1. The van der Waals surface area contributed by atoms with Gasteiger partial charge in [0.05, 0.1) is 16.3 Å². The Labute approximate surface area is 153 Å². The van der Waals surface area contributed by atoms with Gasteiger partial charge in [-0.3, -0.25) is 15.5 Å². The van der Waals surface area contributed by atoms with Gasteiger partial charge in [0.15, 0.2) is 0 Å². The van der Waals surface area contributed by atoms with Crippen LogP contribution >= 0.6 is 22.9 Å². The molecule has 3 aromatic rings. The maximum Gasteiger partial charge on any atom is 0.270 e. The minimum atomic E-state index is -0.422. The molecule has 0 aliphatic rings. The van der Waals surface area contributed by atoms with E-state index in [0.29, 0.717) is 21.4 Å². The summed E-state index contributed by atoms with van der Waals surface area (Å²) in [5.41, 5.74) is 6.05. The molecule has 0 aliphatic heterocycles. The van der Waals surface area contributed by atoms with Crippen LogP contribution in [0.3, 0.4) is 0 Å². The van der Waals surface area contributed by atoms with Gasteiger partial charge in [0, 0.05) is 28.1 Å². The van der Waals surface area contributed by atoms with Crippen molar-refractivity contribution in [2.45, 2.75) is 6.92 Å². The molecule has 6 nitrogen and oxygen atoms in total. The van der Waals surface area contributed by atoms with E-state index in [1.165, 1.54) is 23.5 Å². The smallest absolute Gasteiger partial charge is 0.258 e. The van der Waals surface area contributed by atoms with Crippen LogP contribution in [-0.4, -0.2) is 15.6 Å². The molecule has 0 bridgehead atoms. The molecule has 0 fully saturated rings. The van der Waals surface area contributed by atoms with Crippen molar-refractivity contribution in [1.29, 1.82) is 0 Å². The molecule has 0 unspecified atom stereocenters. The molecule has 1 aromatic heterocycles. The molecule has 0 amide bonds. The summed E-state index contributed by atoms with van der Waals surface area (Å²) in [6, 6.07) is 13.8. The van der Waals surface area contributed by atoms with Gasteiger partial charge < -0.3 is 0 Å². The van der Waals surface area contributed by atoms with Crippen molar-refractivity contribution in [1.82, 2.24) is 4.98 Å². The fourth-order valence-electron chi connectivity index (χ4n) is 2.12. The molecule has 8 heteroatoms. The lowest BCUT2D eigenvalue weighted by molar-refractivity contribution is -0.384. The Hall–Kier alpha value is -2.77. The van der Waals surface area contributed by atoms with Gasteiger partial charge in [-0.25, -0.2) is 4.98 Å². The number of halogens is 1. The van der Waals surface area contributed by atoms with E-state index in [9.17, 15) is 10.1 Å². The largest absolute Gasteiger partial charge is 0.270 e. The zero-order chi connectivity index (χ0) is 17.8. The Balaban J connectivity index is 1.75. The third-order valence-corrected chi connectivity index (χ3v) is 4.44. The van der Waals surface area contributed by atoms with Crippen molar-refractivity contribution in [3.8, 4) is 11.3 Å². The summed E-state index contributed by atoms with van der Waals surface area (Å²) < 4.78 is 0. The number of hydrazone groups is 1. The van der Waals surface area contributed by atoms with Crippen LogP contribution in [-0.2, 0) is 0 Å². The number of nitrogens with one attached hydrogen (secondary N) is 1. The highest BCUT2D eigenvalue weighted by Crippen LogP contribution is 2.27. The second-order valence-electron chi connectivity index (χ2n) is 5.16. The lowest BCUT2D eigenvalue weighted by Gasteiger charge is -2.01. The lowest BCUT2D eigenvalue weighted by atomic mass is 10.1. The van der Waals surface area contributed by atoms with Crippen LogP contribution in [0.2, 0.25) is 5.02 Å². The highest BCUT2D eigenvalue weighted by molar-refractivity contribution is 7.14. The van der Waals surface area contributed by atoms with Crippen LogP contribution in [0.25, 0.3) is 11.3 Å². The van der Waals surface area contributed by atoms with E-state index < -0.39 is 4.92 Å². The van der Waals surface area contributed by atoms with E-state index in [-0.39, 0.29) is 5.69 Å². The SMILES string of the molecule is C/C(=N/Nc1nc(-c2cccc([N+](=O)[O-])c2)cs1)c1ccc(Cl)cc1. The number of nitrogens with zero attached hydrogens (tertiary/aromatic N) is 3. The number of nitro benzene ring substituents is 1. The van der Waals surface area contributed by atoms with Crippen molar-refractivity contribution >= 4 is 39.5 Å². The van der Waals surface area contributed by atoms with Crippen molar-refractivity contribution < 1.29 is 4.92 Å². The Morgan fingerprint density at radius 2 is 2.04 bits per heavy atom. The maximum atomic E-state index is 10.9. The van der Waals surface area contributed by atoms with Gasteiger partial charge in [0.2, 0.25) is 5.13 Å². The van der Waals surface area contributed by atoms with Crippen LogP contribution in [0, 0.1) is 10.1 Å². The second-order valence-corrected chi connectivity index (χ2v) is 6.46. The van der Waals surface area contributed by atoms with E-state index in [1.807, 2.05) is 24.4 Å². The Bertz CT molecular complexity index is 938. The number of rotatable bonds is 5. The van der Waals surface area contributed by atoms with Gasteiger partial charge in [0.25, 0.3) is 5.69 Å². The van der Waals surface area contributed by atoms with Gasteiger partial charge >= 0.3 is 0 Å². The highest BCUT2D eigenvalue weighted by atomic mass is 35.5. The van der Waals surface area contributed by atoms with Crippen LogP contribution in [0.5, 0.6) is 0 Å². The average molecular weight is 373 g/mol. The predicted molar refractivity (Wildman–Crippen MR) is 101 cm³/mol. The third kappa shape index (κ3) is 4.20. The van der Waals surface area contributed by atoms with E-state index in [0.717, 1.165) is 11.3 Å². The molecule has 0 saturated carbocycles. The molecule has 0 radical (unpaired) electrons. The third-order valence-electron chi connectivity index (χ3n) is 3.44. The molecule has 0 spiro atoms. The molecule has 1 heterocycles. The number of non-ortho nitro benzene ring substituents is 1. The molecule has 126 valence electrons. The fraction of sp³-hybridized carbons (Fsp3) is 0.0588. The Kier molecular flexibility index (Phi) is 5.06. The van der Waals surface area contributed by atoms with Gasteiger partial charge in [-0.1, -0.05) is 35.9 Å². The van der Waals surface area contributed by atoms with Gasteiger partial charge in [-0.15, -0.1) is 11.3 Å². The predicted octanol–water partition coefficient (Wildman–Crippen LogP) is 5.21. The summed E-state index contributed by atoms with van der Waals surface area (Å²) in [6.45, 7) is 1.88. The summed E-state index contributed by atoms with van der Waals surface area (Å²) in [4.78, 5) is 14.9. The van der Waals surface area contributed by atoms with Gasteiger partial charge in [-0.05, 0) is 24.6 Å². The van der Waals surface area contributed by atoms with Crippen LogP contribution in [0.1, 0.15) is 12.5 Å². The van der Waals surface area contributed by atoms with E-state index in [1.54, 1.807) is 24.3 Å². The quantitative estimate of drug-likeness (QED) is 0.379. The molecule has 3 rings (SSSR count). The van der Waals surface area contributed by atoms with Crippen molar-refractivity contribution in [2.75, 3.05) is 5.43 Å². The first-order valence-corrected chi connectivity index (χ1v) is 8.55. The minimum Gasteiger partial charge on any atom is -0.258 e. The first-order valence-electron chi connectivity index (χ1n) is 7.29. The topological polar surface area (TPSA) is 80.4 Å².